The average Bonchev–Trinajstić information content (AvgIpc) is 3.18. The highest BCUT2D eigenvalue weighted by molar-refractivity contribution is 5.96. The molecule has 1 aromatic carbocycles. The first-order valence-corrected chi connectivity index (χ1v) is 9.42. The van der Waals surface area contributed by atoms with Crippen molar-refractivity contribution in [2.24, 2.45) is 7.05 Å². The standard InChI is InChI=1S/C19H23N7O4/c1-24-17-15(22-23-24)18(21-11-20-17)25-5-7-26(8-6-25)19(27)12-9-13(28-2)16(30-4)14(10-12)29-3/h9-11H,5-8H2,1-4H3. The third-order valence-corrected chi connectivity index (χ3v) is 5.15. The van der Waals surface area contributed by atoms with Crippen molar-refractivity contribution in [3.8, 4) is 17.2 Å². The lowest BCUT2D eigenvalue weighted by Crippen LogP contribution is -2.49. The van der Waals surface area contributed by atoms with Crippen LogP contribution in [0.5, 0.6) is 17.2 Å². The van der Waals surface area contributed by atoms with Gasteiger partial charge in [0.1, 0.15) is 6.33 Å². The lowest BCUT2D eigenvalue weighted by atomic mass is 10.1. The molecule has 0 spiro atoms. The van der Waals surface area contributed by atoms with E-state index < -0.39 is 0 Å². The van der Waals surface area contributed by atoms with Crippen molar-refractivity contribution in [2.75, 3.05) is 52.4 Å². The van der Waals surface area contributed by atoms with Crippen LogP contribution in [-0.2, 0) is 7.05 Å². The van der Waals surface area contributed by atoms with Crippen molar-refractivity contribution in [2.45, 2.75) is 0 Å². The number of piperazine rings is 1. The Morgan fingerprint density at radius 3 is 2.23 bits per heavy atom. The molecule has 1 aliphatic rings. The molecule has 0 atom stereocenters. The third-order valence-electron chi connectivity index (χ3n) is 5.15. The second kappa shape index (κ2) is 8.01. The van der Waals surface area contributed by atoms with E-state index in [1.54, 1.807) is 28.8 Å². The third kappa shape index (κ3) is 3.31. The predicted molar refractivity (Wildman–Crippen MR) is 108 cm³/mol. The Hall–Kier alpha value is -3.63. The van der Waals surface area contributed by atoms with Gasteiger partial charge in [-0.25, -0.2) is 14.6 Å². The number of amides is 1. The fourth-order valence-electron chi connectivity index (χ4n) is 3.58. The van der Waals surface area contributed by atoms with Crippen molar-refractivity contribution in [3.63, 3.8) is 0 Å². The minimum atomic E-state index is -0.0961. The maximum Gasteiger partial charge on any atom is 0.254 e. The van der Waals surface area contributed by atoms with Crippen LogP contribution in [0.2, 0.25) is 0 Å². The number of carbonyl (C=O) groups is 1. The minimum absolute atomic E-state index is 0.0961. The van der Waals surface area contributed by atoms with E-state index >= 15 is 0 Å². The van der Waals surface area contributed by atoms with Gasteiger partial charge in [-0.2, -0.15) is 0 Å². The van der Waals surface area contributed by atoms with Gasteiger partial charge in [-0.15, -0.1) is 5.10 Å². The molecule has 0 radical (unpaired) electrons. The van der Waals surface area contributed by atoms with Gasteiger partial charge in [0.2, 0.25) is 5.75 Å². The van der Waals surface area contributed by atoms with E-state index in [1.165, 1.54) is 27.7 Å². The van der Waals surface area contributed by atoms with Crippen molar-refractivity contribution >= 4 is 22.9 Å². The number of benzene rings is 1. The number of rotatable bonds is 5. The SMILES string of the molecule is COc1cc(C(=O)N2CCN(c3ncnc4c3nnn4C)CC2)cc(OC)c1OC. The van der Waals surface area contributed by atoms with Crippen molar-refractivity contribution < 1.29 is 19.0 Å². The van der Waals surface area contributed by atoms with Crippen LogP contribution < -0.4 is 19.1 Å². The van der Waals surface area contributed by atoms with Crippen molar-refractivity contribution in [1.82, 2.24) is 29.9 Å². The number of aryl methyl sites for hydroxylation is 1. The van der Waals surface area contributed by atoms with Crippen LogP contribution in [0, 0.1) is 0 Å². The summed E-state index contributed by atoms with van der Waals surface area (Å²) in [5, 5.41) is 8.20. The molecule has 0 bridgehead atoms. The number of anilines is 1. The summed E-state index contributed by atoms with van der Waals surface area (Å²) in [6.45, 7) is 2.33. The monoisotopic (exact) mass is 413 g/mol. The van der Waals surface area contributed by atoms with E-state index in [2.05, 4.69) is 25.2 Å². The molecule has 0 aliphatic carbocycles. The number of carbonyl (C=O) groups excluding carboxylic acids is 1. The summed E-state index contributed by atoms with van der Waals surface area (Å²) < 4.78 is 17.7. The molecule has 1 amide bonds. The Morgan fingerprint density at radius 2 is 1.63 bits per heavy atom. The highest BCUT2D eigenvalue weighted by atomic mass is 16.5. The molecule has 11 heteroatoms. The van der Waals surface area contributed by atoms with Crippen LogP contribution in [0.1, 0.15) is 10.4 Å². The summed E-state index contributed by atoms with van der Waals surface area (Å²) in [6, 6.07) is 3.34. The van der Waals surface area contributed by atoms with Crippen molar-refractivity contribution in [1.29, 1.82) is 0 Å². The van der Waals surface area contributed by atoms with Crippen LogP contribution in [0.3, 0.4) is 0 Å². The predicted octanol–water partition coefficient (Wildman–Crippen LogP) is 0.746. The molecule has 1 fully saturated rings. The molecular weight excluding hydrogens is 390 g/mol. The quantitative estimate of drug-likeness (QED) is 0.598. The Labute approximate surface area is 173 Å². The Balaban J connectivity index is 1.52. The van der Waals surface area contributed by atoms with Gasteiger partial charge in [0.05, 0.1) is 21.3 Å². The Bertz CT molecular complexity index is 1050. The summed E-state index contributed by atoms with van der Waals surface area (Å²) in [6.07, 6.45) is 1.51. The molecule has 0 saturated carbocycles. The highest BCUT2D eigenvalue weighted by Crippen LogP contribution is 2.38. The second-order valence-electron chi connectivity index (χ2n) is 6.78. The smallest absolute Gasteiger partial charge is 0.254 e. The fraction of sp³-hybridized carbons (Fsp3) is 0.421. The molecule has 3 aromatic rings. The van der Waals surface area contributed by atoms with E-state index in [4.69, 9.17) is 14.2 Å². The van der Waals surface area contributed by atoms with Crippen LogP contribution >= 0.6 is 0 Å². The first kappa shape index (κ1) is 19.7. The van der Waals surface area contributed by atoms with Gasteiger partial charge in [-0.1, -0.05) is 5.21 Å². The second-order valence-corrected chi connectivity index (χ2v) is 6.78. The van der Waals surface area contributed by atoms with Gasteiger partial charge in [-0.05, 0) is 12.1 Å². The lowest BCUT2D eigenvalue weighted by molar-refractivity contribution is 0.0745. The molecule has 158 valence electrons. The van der Waals surface area contributed by atoms with E-state index in [-0.39, 0.29) is 5.91 Å². The largest absolute Gasteiger partial charge is 0.493 e. The zero-order valence-electron chi connectivity index (χ0n) is 17.3. The molecule has 30 heavy (non-hydrogen) atoms. The summed E-state index contributed by atoms with van der Waals surface area (Å²) in [7, 11) is 6.38. The molecule has 11 nitrogen and oxygen atoms in total. The van der Waals surface area contributed by atoms with E-state index in [0.29, 0.717) is 60.2 Å². The first-order chi connectivity index (χ1) is 14.6. The molecule has 0 N–H and O–H groups in total. The van der Waals surface area contributed by atoms with Crippen molar-refractivity contribution in [3.05, 3.63) is 24.0 Å². The van der Waals surface area contributed by atoms with Gasteiger partial charge in [0.15, 0.2) is 28.5 Å². The van der Waals surface area contributed by atoms with Crippen LogP contribution in [0.25, 0.3) is 11.2 Å². The normalized spacial score (nSPS) is 14.1. The maximum absolute atomic E-state index is 13.1. The van der Waals surface area contributed by atoms with E-state index in [0.717, 1.165) is 5.82 Å². The van der Waals surface area contributed by atoms with Crippen LogP contribution in [0.15, 0.2) is 18.5 Å². The zero-order valence-corrected chi connectivity index (χ0v) is 17.3. The molecular formula is C19H23N7O4. The molecule has 1 aliphatic heterocycles. The van der Waals surface area contributed by atoms with Gasteiger partial charge in [0.25, 0.3) is 5.91 Å². The van der Waals surface area contributed by atoms with Gasteiger partial charge >= 0.3 is 0 Å². The first-order valence-electron chi connectivity index (χ1n) is 9.42. The number of ether oxygens (including phenoxy) is 3. The van der Waals surface area contributed by atoms with Gasteiger partial charge in [0, 0.05) is 38.8 Å². The molecule has 2 aromatic heterocycles. The number of fused-ring (bicyclic) bond motifs is 1. The number of hydrogen-bond acceptors (Lipinski definition) is 9. The summed E-state index contributed by atoms with van der Waals surface area (Å²) in [5.41, 5.74) is 1.82. The van der Waals surface area contributed by atoms with Crippen LogP contribution in [0.4, 0.5) is 5.82 Å². The molecule has 0 unspecified atom stereocenters. The Kier molecular flexibility index (Phi) is 5.25. The zero-order chi connectivity index (χ0) is 21.3. The molecule has 3 heterocycles. The summed E-state index contributed by atoms with van der Waals surface area (Å²) >= 11 is 0. The fourth-order valence-corrected chi connectivity index (χ4v) is 3.58. The molecule has 1 saturated heterocycles. The number of nitrogens with zero attached hydrogens (tertiary/aromatic N) is 7. The highest BCUT2D eigenvalue weighted by Gasteiger charge is 2.26. The number of aromatic nitrogens is 5. The van der Waals surface area contributed by atoms with E-state index in [9.17, 15) is 4.79 Å². The number of hydrogen-bond donors (Lipinski definition) is 0. The average molecular weight is 413 g/mol. The maximum atomic E-state index is 13.1. The lowest BCUT2D eigenvalue weighted by Gasteiger charge is -2.35. The molecule has 4 rings (SSSR count). The number of methoxy groups -OCH3 is 3. The minimum Gasteiger partial charge on any atom is -0.493 e. The van der Waals surface area contributed by atoms with Gasteiger partial charge < -0.3 is 24.0 Å². The van der Waals surface area contributed by atoms with Gasteiger partial charge in [-0.3, -0.25) is 4.79 Å². The summed E-state index contributed by atoms with van der Waals surface area (Å²) in [4.78, 5) is 25.6. The Morgan fingerprint density at radius 1 is 0.967 bits per heavy atom. The summed E-state index contributed by atoms with van der Waals surface area (Å²) in [5.74, 6) is 1.99. The topological polar surface area (TPSA) is 108 Å². The van der Waals surface area contributed by atoms with E-state index in [1.807, 2.05) is 0 Å². The van der Waals surface area contributed by atoms with Crippen LogP contribution in [-0.4, -0.2) is 83.3 Å².